The number of carbonyl (C=O) groups excluding carboxylic acids is 1. The number of thiazole rings is 1. The summed E-state index contributed by atoms with van der Waals surface area (Å²) in [5.41, 5.74) is 4.47. The fourth-order valence-electron chi connectivity index (χ4n) is 7.67. The molecule has 1 amide bonds. The van der Waals surface area contributed by atoms with Gasteiger partial charge in [0, 0.05) is 18.7 Å². The lowest BCUT2D eigenvalue weighted by Crippen LogP contribution is -2.32. The van der Waals surface area contributed by atoms with E-state index in [-0.39, 0.29) is 30.4 Å². The van der Waals surface area contributed by atoms with Crippen molar-refractivity contribution >= 4 is 42.8 Å². The molecule has 5 aromatic carbocycles. The highest BCUT2D eigenvalue weighted by atomic mass is 32.2. The van der Waals surface area contributed by atoms with Gasteiger partial charge in [-0.15, -0.1) is 10.2 Å². The van der Waals surface area contributed by atoms with Gasteiger partial charge in [0.05, 0.1) is 48.5 Å². The number of fused-ring (bicyclic) bond motifs is 1. The molecule has 0 radical (unpaired) electrons. The minimum Gasteiger partial charge on any atom is -0.497 e. The fraction of sp³-hybridized carbons (Fsp3) is 0.312. The third-order valence-electron chi connectivity index (χ3n) is 11.1. The van der Waals surface area contributed by atoms with E-state index in [1.165, 1.54) is 20.4 Å². The Labute approximate surface area is 377 Å². The summed E-state index contributed by atoms with van der Waals surface area (Å²) in [5.74, 6) is 2.50. The lowest BCUT2D eigenvalue weighted by atomic mass is 9.80. The molecule has 7 aromatic rings. The molecule has 0 spiro atoms. The first-order chi connectivity index (χ1) is 30.8. The summed E-state index contributed by atoms with van der Waals surface area (Å²) in [6, 6.07) is 31.9. The number of nitrogens with zero attached hydrogens (tertiary/aromatic N) is 6. The number of tetrazole rings is 1. The third-order valence-corrected chi connectivity index (χ3v) is 13.9. The van der Waals surface area contributed by atoms with Crippen LogP contribution in [0.2, 0.25) is 0 Å². The summed E-state index contributed by atoms with van der Waals surface area (Å²) in [4.78, 5) is 19.3. The Hall–Kier alpha value is -6.36. The first-order valence-electron chi connectivity index (χ1n) is 21.0. The van der Waals surface area contributed by atoms with Crippen LogP contribution >= 0.6 is 11.3 Å². The smallest absolute Gasteiger partial charge is 0.413 e. The lowest BCUT2D eigenvalue weighted by Gasteiger charge is -2.29. The maximum absolute atomic E-state index is 16.0. The first kappa shape index (κ1) is 44.3. The number of nitrogens with one attached hydrogen (secondary N) is 1. The number of benzene rings is 5. The van der Waals surface area contributed by atoms with Crippen molar-refractivity contribution in [2.75, 3.05) is 26.6 Å². The maximum atomic E-state index is 16.0. The van der Waals surface area contributed by atoms with Crippen molar-refractivity contribution in [1.29, 1.82) is 0 Å². The molecule has 1 saturated carbocycles. The minimum absolute atomic E-state index is 0.0594. The van der Waals surface area contributed by atoms with Gasteiger partial charge in [-0.2, -0.15) is 9.10 Å². The zero-order valence-corrected chi connectivity index (χ0v) is 38.3. The van der Waals surface area contributed by atoms with Crippen LogP contribution in [-0.2, 0) is 40.8 Å². The van der Waals surface area contributed by atoms with Gasteiger partial charge in [0.15, 0.2) is 5.13 Å². The molecule has 64 heavy (non-hydrogen) atoms. The van der Waals surface area contributed by atoms with E-state index < -0.39 is 21.7 Å². The van der Waals surface area contributed by atoms with Crippen LogP contribution in [0.4, 0.5) is 9.93 Å². The molecular formula is C48H51N7O7S2. The SMILES string of the molecule is COc1ccc(CN(Cc2ccc(OC)cc2)S(=O)(=O)c2c(CC3CCC3)ccc(-c3cccc4sc(NC(=O)OC(C)(C)C)nc34)c2-c2nnn(Cc3ccc(OC)cc3)n2)cc1. The highest BCUT2D eigenvalue weighted by Crippen LogP contribution is 2.44. The Bertz CT molecular complexity index is 2800. The van der Waals surface area contributed by atoms with Crippen molar-refractivity contribution in [2.45, 2.75) is 76.6 Å². The predicted octanol–water partition coefficient (Wildman–Crippen LogP) is 9.77. The number of aromatic nitrogens is 5. The Balaban J connectivity index is 1.33. The second kappa shape index (κ2) is 18.8. The van der Waals surface area contributed by atoms with Gasteiger partial charge in [-0.25, -0.2) is 18.2 Å². The molecule has 1 aliphatic carbocycles. The summed E-state index contributed by atoms with van der Waals surface area (Å²) >= 11 is 1.29. The topological polar surface area (TPSA) is 160 Å². The van der Waals surface area contributed by atoms with Crippen LogP contribution in [0, 0.1) is 5.92 Å². The summed E-state index contributed by atoms with van der Waals surface area (Å²) in [6.07, 6.45) is 3.01. The minimum atomic E-state index is -4.39. The Kier molecular flexibility index (Phi) is 13.0. The molecule has 0 saturated heterocycles. The average molecular weight is 902 g/mol. The number of hydrogen-bond acceptors (Lipinski definition) is 12. The van der Waals surface area contributed by atoms with Crippen molar-refractivity contribution in [3.8, 4) is 39.8 Å². The largest absolute Gasteiger partial charge is 0.497 e. The summed E-state index contributed by atoms with van der Waals surface area (Å²) in [6.45, 7) is 5.77. The average Bonchev–Trinajstić information content (AvgIpc) is 3.91. The van der Waals surface area contributed by atoms with Gasteiger partial charge in [-0.1, -0.05) is 91.3 Å². The Morgan fingerprint density at radius 1 is 0.797 bits per heavy atom. The van der Waals surface area contributed by atoms with E-state index in [4.69, 9.17) is 29.0 Å². The van der Waals surface area contributed by atoms with Crippen LogP contribution in [0.25, 0.3) is 32.7 Å². The van der Waals surface area contributed by atoms with Crippen molar-refractivity contribution < 1.29 is 32.2 Å². The molecule has 2 aromatic heterocycles. The van der Waals surface area contributed by atoms with E-state index in [1.54, 1.807) is 42.1 Å². The molecule has 332 valence electrons. The summed E-state index contributed by atoms with van der Waals surface area (Å²) in [5, 5.41) is 17.1. The lowest BCUT2D eigenvalue weighted by molar-refractivity contribution is 0.0636. The van der Waals surface area contributed by atoms with Crippen molar-refractivity contribution in [3.63, 3.8) is 0 Å². The van der Waals surface area contributed by atoms with Gasteiger partial charge < -0.3 is 18.9 Å². The summed E-state index contributed by atoms with van der Waals surface area (Å²) in [7, 11) is 0.418. The van der Waals surface area contributed by atoms with E-state index in [1.807, 2.05) is 103 Å². The zero-order valence-electron chi connectivity index (χ0n) is 36.7. The van der Waals surface area contributed by atoms with Crippen molar-refractivity contribution in [3.05, 3.63) is 125 Å². The summed E-state index contributed by atoms with van der Waals surface area (Å²) < 4.78 is 56.1. The molecule has 2 heterocycles. The quantitative estimate of drug-likeness (QED) is 0.0984. The molecular weight excluding hydrogens is 851 g/mol. The van der Waals surface area contributed by atoms with E-state index >= 15 is 8.42 Å². The standard InChI is InChI=1S/C48H51N7O7S2/c1-48(2,3)62-47(56)50-46-49-43-40(11-8-12-41(43)63-46)39-26-19-35(27-31-9-7-10-31)44(42(39)45-51-53-55(52-45)30-34-17-24-38(61-6)25-18-34)64(57,58)54(28-32-13-20-36(59-4)21-14-32)29-33-15-22-37(60-5)23-16-33/h8,11-26,31H,7,9-10,27-30H2,1-6H3,(H,49,50,56). The van der Waals surface area contributed by atoms with Crippen molar-refractivity contribution in [1.82, 2.24) is 29.5 Å². The van der Waals surface area contributed by atoms with Gasteiger partial charge in [0.1, 0.15) is 22.8 Å². The number of rotatable bonds is 16. The first-order valence-corrected chi connectivity index (χ1v) is 23.3. The molecule has 0 bridgehead atoms. The number of ether oxygens (including phenoxy) is 4. The normalized spacial score (nSPS) is 13.2. The molecule has 8 rings (SSSR count). The van der Waals surface area contributed by atoms with Crippen LogP contribution < -0.4 is 19.5 Å². The van der Waals surface area contributed by atoms with E-state index in [0.29, 0.717) is 62.5 Å². The highest BCUT2D eigenvalue weighted by Gasteiger charge is 2.36. The van der Waals surface area contributed by atoms with Crippen molar-refractivity contribution in [2.24, 2.45) is 5.92 Å². The van der Waals surface area contributed by atoms with Gasteiger partial charge in [-0.3, -0.25) is 5.32 Å². The number of sulfonamides is 1. The van der Waals surface area contributed by atoms with E-state index in [0.717, 1.165) is 40.7 Å². The van der Waals surface area contributed by atoms with Gasteiger partial charge in [-0.05, 0) is 109 Å². The maximum Gasteiger partial charge on any atom is 0.413 e. The van der Waals surface area contributed by atoms with E-state index in [9.17, 15) is 4.79 Å². The molecule has 0 unspecified atom stereocenters. The Morgan fingerprint density at radius 3 is 1.94 bits per heavy atom. The monoisotopic (exact) mass is 901 g/mol. The van der Waals surface area contributed by atoms with Gasteiger partial charge >= 0.3 is 6.09 Å². The molecule has 16 heteroatoms. The molecule has 14 nitrogen and oxygen atoms in total. The van der Waals surface area contributed by atoms with Gasteiger partial charge in [0.2, 0.25) is 15.8 Å². The zero-order chi connectivity index (χ0) is 45.0. The van der Waals surface area contributed by atoms with Crippen LogP contribution in [0.3, 0.4) is 0 Å². The molecule has 1 aliphatic rings. The number of amides is 1. The predicted molar refractivity (Wildman–Crippen MR) is 247 cm³/mol. The Morgan fingerprint density at radius 2 is 1.39 bits per heavy atom. The fourth-order valence-corrected chi connectivity index (χ4v) is 10.4. The second-order valence-corrected chi connectivity index (χ2v) is 19.6. The number of carbonyl (C=O) groups is 1. The number of para-hydroxylation sites is 1. The number of hydrogen-bond donors (Lipinski definition) is 1. The van der Waals surface area contributed by atoms with Gasteiger partial charge in [0.25, 0.3) is 0 Å². The molecule has 1 N–H and O–H groups in total. The number of anilines is 1. The second-order valence-electron chi connectivity index (χ2n) is 16.7. The van der Waals surface area contributed by atoms with Crippen LogP contribution in [0.1, 0.15) is 62.3 Å². The number of methoxy groups -OCH3 is 3. The van der Waals surface area contributed by atoms with E-state index in [2.05, 4.69) is 15.6 Å². The highest BCUT2D eigenvalue weighted by molar-refractivity contribution is 7.89. The third kappa shape index (κ3) is 10.0. The molecule has 0 atom stereocenters. The van der Waals surface area contributed by atoms with Crippen LogP contribution in [0.15, 0.2) is 108 Å². The molecule has 0 aliphatic heterocycles. The molecule has 1 fully saturated rings. The van der Waals surface area contributed by atoms with Crippen LogP contribution in [0.5, 0.6) is 17.2 Å². The van der Waals surface area contributed by atoms with Crippen LogP contribution in [-0.4, -0.2) is 70.9 Å².